The molecule has 5 atom stereocenters. The van der Waals surface area contributed by atoms with Gasteiger partial charge in [0.25, 0.3) is 0 Å². The smallest absolute Gasteiger partial charge is 0.164 e. The Balaban J connectivity index is 1.61. The van der Waals surface area contributed by atoms with Crippen molar-refractivity contribution in [3.63, 3.8) is 0 Å². The van der Waals surface area contributed by atoms with Crippen molar-refractivity contribution in [2.75, 3.05) is 0 Å². The standard InChI is InChI=1S/C30H48O4/c1-19-9-13-25-29(7,17-15-23(31)27(3,4)33-25)21(19)11-12-22-20(2)10-14-26-30(22,8)18-16-24(32)28(5,6)34-26/h23,25-26,31H,9-18H2,1-8H3/t23-,25+,26+,29+,30+/m1/s1. The van der Waals surface area contributed by atoms with Gasteiger partial charge in [0.1, 0.15) is 5.60 Å². The van der Waals surface area contributed by atoms with E-state index in [-0.39, 0.29) is 28.8 Å². The SMILES string of the molecule is CC1=C(CCC2=C(C)CC[C@@H]3OC(C)(C)[C@H](O)CC[C@@]23C)[C@]2(C)CCC(=O)C(C)(C)O[C@H]2CC1. The van der Waals surface area contributed by atoms with Crippen molar-refractivity contribution >= 4 is 5.78 Å². The molecule has 4 rings (SSSR count). The van der Waals surface area contributed by atoms with Crippen LogP contribution in [0.5, 0.6) is 0 Å². The summed E-state index contributed by atoms with van der Waals surface area (Å²) >= 11 is 0. The fraction of sp³-hybridized carbons (Fsp3) is 0.833. The Morgan fingerprint density at radius 2 is 1.26 bits per heavy atom. The molecule has 0 saturated carbocycles. The number of ether oxygens (including phenoxy) is 2. The predicted octanol–water partition coefficient (Wildman–Crippen LogP) is 6.85. The van der Waals surface area contributed by atoms with E-state index in [9.17, 15) is 9.90 Å². The van der Waals surface area contributed by atoms with Gasteiger partial charge in [-0.15, -0.1) is 0 Å². The average Bonchev–Trinajstić information content (AvgIpc) is 2.90. The van der Waals surface area contributed by atoms with Gasteiger partial charge in [0.05, 0.1) is 23.9 Å². The maximum atomic E-state index is 12.8. The summed E-state index contributed by atoms with van der Waals surface area (Å²) in [6.45, 7) is 17.3. The van der Waals surface area contributed by atoms with Gasteiger partial charge in [-0.05, 0) is 99.3 Å². The normalized spacial score (nSPS) is 40.4. The second kappa shape index (κ2) is 8.85. The first kappa shape index (κ1) is 26.1. The van der Waals surface area contributed by atoms with E-state index in [0.29, 0.717) is 6.42 Å². The monoisotopic (exact) mass is 472 g/mol. The molecule has 0 spiro atoms. The Kier molecular flexibility index (Phi) is 6.80. The lowest BCUT2D eigenvalue weighted by Crippen LogP contribution is -2.45. The second-order valence-corrected chi connectivity index (χ2v) is 13.2. The summed E-state index contributed by atoms with van der Waals surface area (Å²) < 4.78 is 13.1. The summed E-state index contributed by atoms with van der Waals surface area (Å²) in [7, 11) is 0. The molecular formula is C30H48O4. The average molecular weight is 473 g/mol. The van der Waals surface area contributed by atoms with Gasteiger partial charge in [0.15, 0.2) is 5.78 Å². The van der Waals surface area contributed by atoms with Crippen LogP contribution in [-0.4, -0.2) is 40.4 Å². The zero-order chi connectivity index (χ0) is 25.1. The minimum Gasteiger partial charge on any atom is -0.390 e. The summed E-state index contributed by atoms with van der Waals surface area (Å²) in [6.07, 6.45) is 9.30. The molecule has 0 unspecified atom stereocenters. The summed E-state index contributed by atoms with van der Waals surface area (Å²) in [5, 5.41) is 10.8. The third-order valence-corrected chi connectivity index (χ3v) is 10.2. The number of hydrogen-bond acceptors (Lipinski definition) is 4. The first-order valence-corrected chi connectivity index (χ1v) is 13.7. The summed E-state index contributed by atoms with van der Waals surface area (Å²) in [5.41, 5.74) is 4.79. The van der Waals surface area contributed by atoms with Crippen molar-refractivity contribution in [3.8, 4) is 0 Å². The fourth-order valence-electron chi connectivity index (χ4n) is 7.57. The third kappa shape index (κ3) is 4.37. The Hall–Kier alpha value is -0.970. The molecular weight excluding hydrogens is 424 g/mol. The van der Waals surface area contributed by atoms with Crippen LogP contribution < -0.4 is 0 Å². The molecule has 0 amide bonds. The van der Waals surface area contributed by atoms with Crippen LogP contribution in [0.2, 0.25) is 0 Å². The predicted molar refractivity (Wildman–Crippen MR) is 137 cm³/mol. The zero-order valence-corrected chi connectivity index (χ0v) is 23.0. The number of carbonyl (C=O) groups is 1. The van der Waals surface area contributed by atoms with Crippen molar-refractivity contribution < 1.29 is 19.4 Å². The van der Waals surface area contributed by atoms with E-state index in [1.807, 2.05) is 27.7 Å². The summed E-state index contributed by atoms with van der Waals surface area (Å²) in [5.74, 6) is 0.234. The Morgan fingerprint density at radius 1 is 0.765 bits per heavy atom. The molecule has 34 heavy (non-hydrogen) atoms. The molecule has 0 radical (unpaired) electrons. The van der Waals surface area contributed by atoms with E-state index in [0.717, 1.165) is 57.8 Å². The van der Waals surface area contributed by atoms with Crippen molar-refractivity contribution in [2.45, 2.75) is 149 Å². The molecule has 0 bridgehead atoms. The van der Waals surface area contributed by atoms with Gasteiger partial charge in [-0.2, -0.15) is 0 Å². The van der Waals surface area contributed by atoms with Crippen LogP contribution in [0, 0.1) is 10.8 Å². The van der Waals surface area contributed by atoms with E-state index < -0.39 is 17.3 Å². The van der Waals surface area contributed by atoms with Crippen LogP contribution in [-0.2, 0) is 14.3 Å². The van der Waals surface area contributed by atoms with Gasteiger partial charge in [-0.3, -0.25) is 4.79 Å². The highest BCUT2D eigenvalue weighted by atomic mass is 16.5. The number of Topliss-reactive ketones (excluding diaryl/α,β-unsaturated/α-hetero) is 1. The van der Waals surface area contributed by atoms with E-state index in [1.54, 1.807) is 5.57 Å². The molecule has 4 aliphatic rings. The maximum Gasteiger partial charge on any atom is 0.164 e. The van der Waals surface area contributed by atoms with E-state index in [4.69, 9.17) is 9.47 Å². The highest BCUT2D eigenvalue weighted by molar-refractivity contribution is 5.86. The van der Waals surface area contributed by atoms with E-state index in [1.165, 1.54) is 16.7 Å². The molecule has 2 saturated heterocycles. The van der Waals surface area contributed by atoms with Crippen LogP contribution in [0.3, 0.4) is 0 Å². The van der Waals surface area contributed by atoms with Crippen LogP contribution in [0.4, 0.5) is 0 Å². The van der Waals surface area contributed by atoms with Crippen molar-refractivity contribution in [3.05, 3.63) is 22.3 Å². The molecule has 1 N–H and O–H groups in total. The highest BCUT2D eigenvalue weighted by Crippen LogP contribution is 2.54. The number of aliphatic hydroxyl groups is 1. The first-order valence-electron chi connectivity index (χ1n) is 13.7. The maximum absolute atomic E-state index is 12.8. The minimum absolute atomic E-state index is 0.0293. The van der Waals surface area contributed by atoms with Crippen molar-refractivity contribution in [2.24, 2.45) is 10.8 Å². The fourth-order valence-corrected chi connectivity index (χ4v) is 7.57. The molecule has 192 valence electrons. The van der Waals surface area contributed by atoms with E-state index >= 15 is 0 Å². The largest absolute Gasteiger partial charge is 0.390 e. The van der Waals surface area contributed by atoms with Gasteiger partial charge >= 0.3 is 0 Å². The number of rotatable bonds is 3. The van der Waals surface area contributed by atoms with Gasteiger partial charge in [0.2, 0.25) is 0 Å². The topological polar surface area (TPSA) is 55.8 Å². The number of carbonyl (C=O) groups excluding carboxylic acids is 1. The van der Waals surface area contributed by atoms with Crippen molar-refractivity contribution in [1.29, 1.82) is 0 Å². The van der Waals surface area contributed by atoms with Crippen LogP contribution in [0.15, 0.2) is 22.3 Å². The Bertz CT molecular complexity index is 893. The molecule has 0 aromatic heterocycles. The lowest BCUT2D eigenvalue weighted by atomic mass is 9.62. The zero-order valence-electron chi connectivity index (χ0n) is 23.0. The lowest BCUT2D eigenvalue weighted by molar-refractivity contribution is -0.150. The summed E-state index contributed by atoms with van der Waals surface area (Å²) in [4.78, 5) is 12.8. The molecule has 2 fully saturated rings. The number of ketones is 1. The second-order valence-electron chi connectivity index (χ2n) is 13.2. The Morgan fingerprint density at radius 3 is 1.82 bits per heavy atom. The van der Waals surface area contributed by atoms with Crippen LogP contribution in [0.25, 0.3) is 0 Å². The highest BCUT2D eigenvalue weighted by Gasteiger charge is 2.51. The number of allylic oxidation sites excluding steroid dienone is 2. The summed E-state index contributed by atoms with van der Waals surface area (Å²) in [6, 6.07) is 0. The number of fused-ring (bicyclic) bond motifs is 2. The number of aliphatic hydroxyl groups excluding tert-OH is 1. The minimum atomic E-state index is -0.687. The first-order chi connectivity index (χ1) is 15.7. The van der Waals surface area contributed by atoms with Crippen LogP contribution in [0.1, 0.15) is 120 Å². The molecule has 2 heterocycles. The molecule has 2 aliphatic heterocycles. The molecule has 0 aromatic rings. The quantitative estimate of drug-likeness (QED) is 0.457. The van der Waals surface area contributed by atoms with Gasteiger partial charge < -0.3 is 14.6 Å². The number of hydrogen-bond donors (Lipinski definition) is 1. The Labute approximate surface area is 207 Å². The molecule has 4 heteroatoms. The van der Waals surface area contributed by atoms with Gasteiger partial charge in [-0.1, -0.05) is 36.1 Å². The molecule has 0 aromatic carbocycles. The van der Waals surface area contributed by atoms with Crippen LogP contribution >= 0.6 is 0 Å². The van der Waals surface area contributed by atoms with Crippen molar-refractivity contribution in [1.82, 2.24) is 0 Å². The molecule has 4 nitrogen and oxygen atoms in total. The van der Waals surface area contributed by atoms with Gasteiger partial charge in [-0.25, -0.2) is 0 Å². The van der Waals surface area contributed by atoms with E-state index in [2.05, 4.69) is 27.7 Å². The van der Waals surface area contributed by atoms with Gasteiger partial charge in [0, 0.05) is 17.3 Å². The third-order valence-electron chi connectivity index (χ3n) is 10.2. The lowest BCUT2D eigenvalue weighted by Gasteiger charge is -2.47. The molecule has 2 aliphatic carbocycles.